The molecule has 0 aliphatic rings. The van der Waals surface area contributed by atoms with Crippen molar-refractivity contribution in [3.05, 3.63) is 75.7 Å². The van der Waals surface area contributed by atoms with Gasteiger partial charge in [-0.3, -0.25) is 24.9 Å². The fraction of sp³-hybridized carbons (Fsp3) is 0.273. The predicted octanol–water partition coefficient (Wildman–Crippen LogP) is 3.94. The molecule has 0 saturated heterocycles. The van der Waals surface area contributed by atoms with E-state index in [0.29, 0.717) is 17.8 Å². The zero-order chi connectivity index (χ0) is 22.4. The Bertz CT molecular complexity index is 1070. The first-order valence-corrected chi connectivity index (χ1v) is 9.86. The summed E-state index contributed by atoms with van der Waals surface area (Å²) in [7, 11) is 1.84. The Kier molecular flexibility index (Phi) is 7.09. The Morgan fingerprint density at radius 3 is 2.71 bits per heavy atom. The molecular weight excluding hydrogens is 401 g/mol. The number of nitrogens with one attached hydrogen (secondary N) is 2. The summed E-state index contributed by atoms with van der Waals surface area (Å²) in [5.74, 6) is -0.515. The number of hydrogen-bond acceptors (Lipinski definition) is 5. The molecule has 0 atom stereocenters. The van der Waals surface area contributed by atoms with Crippen LogP contribution >= 0.6 is 0 Å². The summed E-state index contributed by atoms with van der Waals surface area (Å²) in [6, 6.07) is 12.7. The van der Waals surface area contributed by atoms with Crippen molar-refractivity contribution in [1.29, 1.82) is 0 Å². The van der Waals surface area contributed by atoms with Gasteiger partial charge in [-0.05, 0) is 69.8 Å². The molecule has 162 valence electrons. The number of nitrogens with zero attached hydrogens (tertiary/aromatic N) is 3. The largest absolute Gasteiger partial charge is 0.324 e. The molecule has 0 aliphatic heterocycles. The van der Waals surface area contributed by atoms with Crippen molar-refractivity contribution in [2.45, 2.75) is 19.8 Å². The van der Waals surface area contributed by atoms with Gasteiger partial charge in [0, 0.05) is 17.3 Å². The van der Waals surface area contributed by atoms with E-state index in [2.05, 4.69) is 15.5 Å². The van der Waals surface area contributed by atoms with E-state index in [9.17, 15) is 19.3 Å². The summed E-state index contributed by atoms with van der Waals surface area (Å²) in [6.07, 6.45) is 1.56. The summed E-state index contributed by atoms with van der Waals surface area (Å²) in [5.41, 5.74) is 3.41. The number of aromatic nitrogens is 2. The van der Waals surface area contributed by atoms with E-state index in [1.807, 2.05) is 18.0 Å². The lowest BCUT2D eigenvalue weighted by Gasteiger charge is -2.16. The molecule has 9 heteroatoms. The third-order valence-corrected chi connectivity index (χ3v) is 4.95. The molecule has 31 heavy (non-hydrogen) atoms. The van der Waals surface area contributed by atoms with Crippen molar-refractivity contribution in [3.63, 3.8) is 0 Å². The van der Waals surface area contributed by atoms with Gasteiger partial charge in [-0.2, -0.15) is 5.10 Å². The van der Waals surface area contributed by atoms with Crippen LogP contribution in [0.3, 0.4) is 0 Å². The van der Waals surface area contributed by atoms with Gasteiger partial charge in [-0.1, -0.05) is 6.07 Å². The van der Waals surface area contributed by atoms with Gasteiger partial charge in [0.05, 0.1) is 28.4 Å². The molecule has 0 aliphatic carbocycles. The van der Waals surface area contributed by atoms with Crippen LogP contribution in [-0.2, 0) is 11.2 Å². The van der Waals surface area contributed by atoms with Crippen LogP contribution in [0, 0.1) is 22.9 Å². The number of anilines is 1. The third-order valence-electron chi connectivity index (χ3n) is 4.95. The van der Waals surface area contributed by atoms with Gasteiger partial charge in [0.1, 0.15) is 5.82 Å². The maximum Gasteiger partial charge on any atom is 0.274 e. The summed E-state index contributed by atoms with van der Waals surface area (Å²) in [6.45, 7) is 2.47. The number of benzene rings is 2. The smallest absolute Gasteiger partial charge is 0.274 e. The molecule has 8 nitrogen and oxygen atoms in total. The number of nitro groups is 1. The number of halogens is 1. The van der Waals surface area contributed by atoms with E-state index in [4.69, 9.17) is 0 Å². The summed E-state index contributed by atoms with van der Waals surface area (Å²) >= 11 is 0. The highest BCUT2D eigenvalue weighted by Gasteiger charge is 2.15. The maximum atomic E-state index is 13.0. The Morgan fingerprint density at radius 1 is 1.26 bits per heavy atom. The van der Waals surface area contributed by atoms with E-state index in [0.717, 1.165) is 29.8 Å². The van der Waals surface area contributed by atoms with Gasteiger partial charge in [-0.25, -0.2) is 4.39 Å². The van der Waals surface area contributed by atoms with Crippen LogP contribution < -0.4 is 5.32 Å². The molecule has 0 unspecified atom stereocenters. The lowest BCUT2D eigenvalue weighted by molar-refractivity contribution is -0.385. The number of carbonyl (C=O) groups is 1. The number of aromatic amines is 1. The molecule has 0 fully saturated rings. The highest BCUT2D eigenvalue weighted by molar-refractivity contribution is 5.93. The van der Waals surface area contributed by atoms with E-state index in [1.165, 1.54) is 18.2 Å². The average Bonchev–Trinajstić information content (AvgIpc) is 3.18. The molecule has 3 aromatic rings. The monoisotopic (exact) mass is 425 g/mol. The molecular formula is C22H24FN5O3. The number of rotatable bonds is 9. The lowest BCUT2D eigenvalue weighted by atomic mass is 10.1. The minimum absolute atomic E-state index is 0.0225. The fourth-order valence-corrected chi connectivity index (χ4v) is 3.27. The Balaban J connectivity index is 1.46. The van der Waals surface area contributed by atoms with Crippen molar-refractivity contribution < 1.29 is 14.1 Å². The van der Waals surface area contributed by atoms with Crippen LogP contribution in [0.25, 0.3) is 11.3 Å². The van der Waals surface area contributed by atoms with Crippen LogP contribution in [0.4, 0.5) is 15.8 Å². The molecule has 0 radical (unpaired) electrons. The highest BCUT2D eigenvalue weighted by Crippen LogP contribution is 2.25. The van der Waals surface area contributed by atoms with E-state index in [-0.39, 0.29) is 24.0 Å². The van der Waals surface area contributed by atoms with Crippen molar-refractivity contribution in [1.82, 2.24) is 15.1 Å². The van der Waals surface area contributed by atoms with Crippen LogP contribution in [0.5, 0.6) is 0 Å². The summed E-state index contributed by atoms with van der Waals surface area (Å²) in [4.78, 5) is 24.8. The Morgan fingerprint density at radius 2 is 2.00 bits per heavy atom. The molecule has 1 aromatic heterocycles. The van der Waals surface area contributed by atoms with Crippen molar-refractivity contribution in [2.75, 3.05) is 25.5 Å². The molecule has 0 bridgehead atoms. The second-order valence-electron chi connectivity index (χ2n) is 7.38. The highest BCUT2D eigenvalue weighted by atomic mass is 19.1. The SMILES string of the molecule is Cc1c(NC(=O)CN(C)CCCc2cc(-c3ccc(F)cc3)n[nH]2)cccc1[N+](=O)[O-]. The van der Waals surface area contributed by atoms with Gasteiger partial charge < -0.3 is 5.32 Å². The first-order chi connectivity index (χ1) is 14.8. The minimum atomic E-state index is -0.464. The van der Waals surface area contributed by atoms with Gasteiger partial charge in [0.2, 0.25) is 5.91 Å². The van der Waals surface area contributed by atoms with Crippen molar-refractivity contribution in [3.8, 4) is 11.3 Å². The second kappa shape index (κ2) is 9.94. The van der Waals surface area contributed by atoms with Crippen LogP contribution in [0.1, 0.15) is 17.7 Å². The van der Waals surface area contributed by atoms with E-state index < -0.39 is 4.92 Å². The number of hydrogen-bond donors (Lipinski definition) is 2. The maximum absolute atomic E-state index is 13.0. The zero-order valence-electron chi connectivity index (χ0n) is 17.4. The molecule has 0 spiro atoms. The topological polar surface area (TPSA) is 104 Å². The minimum Gasteiger partial charge on any atom is -0.324 e. The van der Waals surface area contributed by atoms with Crippen LogP contribution in [0.2, 0.25) is 0 Å². The second-order valence-corrected chi connectivity index (χ2v) is 7.38. The third kappa shape index (κ3) is 5.95. The number of nitro benzene ring substituents is 1. The van der Waals surface area contributed by atoms with Crippen LogP contribution in [-0.4, -0.2) is 46.1 Å². The predicted molar refractivity (Wildman–Crippen MR) is 116 cm³/mol. The van der Waals surface area contributed by atoms with Crippen molar-refractivity contribution in [2.24, 2.45) is 0 Å². The molecule has 2 N–H and O–H groups in total. The first kappa shape index (κ1) is 22.1. The normalized spacial score (nSPS) is 11.0. The Labute approximate surface area is 179 Å². The van der Waals surface area contributed by atoms with Crippen molar-refractivity contribution >= 4 is 17.3 Å². The Hall–Kier alpha value is -3.59. The lowest BCUT2D eigenvalue weighted by Crippen LogP contribution is -2.31. The van der Waals surface area contributed by atoms with E-state index in [1.54, 1.807) is 31.2 Å². The average molecular weight is 425 g/mol. The van der Waals surface area contributed by atoms with Crippen LogP contribution in [0.15, 0.2) is 48.5 Å². The van der Waals surface area contributed by atoms with Gasteiger partial charge >= 0.3 is 0 Å². The number of likely N-dealkylation sites (N-methyl/N-ethyl adjacent to an activating group) is 1. The van der Waals surface area contributed by atoms with E-state index >= 15 is 0 Å². The quantitative estimate of drug-likeness (QED) is 0.399. The number of H-pyrrole nitrogens is 1. The fourth-order valence-electron chi connectivity index (χ4n) is 3.27. The molecule has 1 amide bonds. The standard InChI is InChI=1S/C22H24FN5O3/c1-15-19(6-3-7-21(15)28(30)31)24-22(29)14-27(2)12-4-5-18-13-20(26-25-18)16-8-10-17(23)11-9-16/h3,6-11,13H,4-5,12,14H2,1-2H3,(H,24,29)(H,25,26). The zero-order valence-corrected chi connectivity index (χ0v) is 17.4. The molecule has 1 heterocycles. The number of amides is 1. The summed E-state index contributed by atoms with van der Waals surface area (Å²) in [5, 5.41) is 21.0. The molecule has 2 aromatic carbocycles. The molecule has 3 rings (SSSR count). The van der Waals surface area contributed by atoms with Gasteiger partial charge in [0.25, 0.3) is 5.69 Å². The van der Waals surface area contributed by atoms with Gasteiger partial charge in [-0.15, -0.1) is 0 Å². The van der Waals surface area contributed by atoms with Gasteiger partial charge in [0.15, 0.2) is 0 Å². The first-order valence-electron chi connectivity index (χ1n) is 9.86. The number of carbonyl (C=O) groups excluding carboxylic acids is 1. The number of aryl methyl sites for hydroxylation is 1. The summed E-state index contributed by atoms with van der Waals surface area (Å²) < 4.78 is 13.0. The molecule has 0 saturated carbocycles.